The first-order chi connectivity index (χ1) is 10.1. The molecule has 2 aliphatic rings. The summed E-state index contributed by atoms with van der Waals surface area (Å²) in [6.07, 6.45) is 5.56. The lowest BCUT2D eigenvalue weighted by Crippen LogP contribution is -2.32. The second kappa shape index (κ2) is 6.80. The fourth-order valence-electron chi connectivity index (χ4n) is 2.69. The quantitative estimate of drug-likeness (QED) is 0.750. The zero-order chi connectivity index (χ0) is 14.8. The molecule has 0 radical (unpaired) electrons. The fourth-order valence-corrected chi connectivity index (χ4v) is 3.24. The van der Waals surface area contributed by atoms with Gasteiger partial charge in [-0.15, -0.1) is 0 Å². The van der Waals surface area contributed by atoms with Gasteiger partial charge in [-0.05, 0) is 62.6 Å². The highest BCUT2D eigenvalue weighted by atomic mass is 79.9. The summed E-state index contributed by atoms with van der Waals surface area (Å²) in [5.74, 6) is 0.952. The van der Waals surface area contributed by atoms with Gasteiger partial charge in [-0.1, -0.05) is 28.1 Å². The molecule has 0 spiro atoms. The van der Waals surface area contributed by atoms with E-state index in [1.165, 1.54) is 47.8 Å². The summed E-state index contributed by atoms with van der Waals surface area (Å²) in [7, 11) is 0. The van der Waals surface area contributed by atoms with E-state index in [0.717, 1.165) is 25.0 Å². The average molecular weight is 351 g/mol. The van der Waals surface area contributed by atoms with Crippen LogP contribution in [0.3, 0.4) is 0 Å². The maximum absolute atomic E-state index is 3.77. The zero-order valence-electron chi connectivity index (χ0n) is 13.2. The van der Waals surface area contributed by atoms with Gasteiger partial charge in [-0.2, -0.15) is 0 Å². The highest BCUT2D eigenvalue weighted by Crippen LogP contribution is 2.31. The maximum atomic E-state index is 3.77. The number of benzene rings is 1. The van der Waals surface area contributed by atoms with E-state index in [2.05, 4.69) is 58.2 Å². The van der Waals surface area contributed by atoms with Crippen LogP contribution in [0.5, 0.6) is 0 Å². The number of nitrogens with zero attached hydrogens (tertiary/aromatic N) is 1. The summed E-state index contributed by atoms with van der Waals surface area (Å²) in [6, 6.07) is 8.27. The fraction of sp³-hybridized carbons (Fsp3) is 0.667. The molecule has 0 unspecified atom stereocenters. The Morgan fingerprint density at radius 1 is 1.24 bits per heavy atom. The first-order valence-corrected chi connectivity index (χ1v) is 9.16. The van der Waals surface area contributed by atoms with Gasteiger partial charge in [0.25, 0.3) is 0 Å². The van der Waals surface area contributed by atoms with E-state index in [1.807, 2.05) is 0 Å². The molecule has 0 atom stereocenters. The van der Waals surface area contributed by atoms with Crippen molar-refractivity contribution < 1.29 is 0 Å². The monoisotopic (exact) mass is 350 g/mol. The van der Waals surface area contributed by atoms with Crippen molar-refractivity contribution in [3.8, 4) is 0 Å². The highest BCUT2D eigenvalue weighted by Gasteiger charge is 2.25. The second-order valence-corrected chi connectivity index (χ2v) is 7.90. The SMILES string of the molecule is CC(C)N(Cc1ccc(CNC2CC2)cc1Br)CC1CC1. The first kappa shape index (κ1) is 15.5. The summed E-state index contributed by atoms with van der Waals surface area (Å²) in [6.45, 7) is 7.94. The van der Waals surface area contributed by atoms with Crippen molar-refractivity contribution in [2.75, 3.05) is 6.54 Å². The molecule has 0 heterocycles. The number of hydrogen-bond acceptors (Lipinski definition) is 2. The van der Waals surface area contributed by atoms with E-state index in [9.17, 15) is 0 Å². The van der Waals surface area contributed by atoms with Crippen LogP contribution in [-0.2, 0) is 13.1 Å². The molecule has 3 rings (SSSR count). The van der Waals surface area contributed by atoms with Gasteiger partial charge < -0.3 is 5.32 Å². The summed E-state index contributed by atoms with van der Waals surface area (Å²) in [4.78, 5) is 2.61. The van der Waals surface area contributed by atoms with E-state index in [-0.39, 0.29) is 0 Å². The maximum Gasteiger partial charge on any atom is 0.0247 e. The van der Waals surface area contributed by atoms with Crippen LogP contribution in [0.1, 0.15) is 50.7 Å². The van der Waals surface area contributed by atoms with Crippen molar-refractivity contribution >= 4 is 15.9 Å². The summed E-state index contributed by atoms with van der Waals surface area (Å²) < 4.78 is 1.26. The van der Waals surface area contributed by atoms with Crippen LogP contribution in [0, 0.1) is 5.92 Å². The smallest absolute Gasteiger partial charge is 0.0247 e. The van der Waals surface area contributed by atoms with Crippen LogP contribution in [0.25, 0.3) is 0 Å². The lowest BCUT2D eigenvalue weighted by atomic mass is 10.1. The van der Waals surface area contributed by atoms with Gasteiger partial charge in [-0.25, -0.2) is 0 Å². The van der Waals surface area contributed by atoms with E-state index >= 15 is 0 Å². The molecule has 1 N–H and O–H groups in total. The topological polar surface area (TPSA) is 15.3 Å². The molecule has 0 bridgehead atoms. The molecule has 0 aromatic heterocycles. The Bertz CT molecular complexity index is 478. The Hall–Kier alpha value is -0.380. The number of rotatable bonds is 8. The molecule has 2 saturated carbocycles. The van der Waals surface area contributed by atoms with Crippen LogP contribution in [0.2, 0.25) is 0 Å². The lowest BCUT2D eigenvalue weighted by Gasteiger charge is -2.27. The molecule has 21 heavy (non-hydrogen) atoms. The average Bonchev–Trinajstić information content (AvgIpc) is 3.33. The Labute approximate surface area is 137 Å². The van der Waals surface area contributed by atoms with Gasteiger partial charge in [0.1, 0.15) is 0 Å². The van der Waals surface area contributed by atoms with Crippen molar-refractivity contribution in [3.05, 3.63) is 33.8 Å². The van der Waals surface area contributed by atoms with Gasteiger partial charge in [0.2, 0.25) is 0 Å². The zero-order valence-corrected chi connectivity index (χ0v) is 14.8. The molecular weight excluding hydrogens is 324 g/mol. The molecule has 1 aromatic carbocycles. The minimum atomic E-state index is 0.619. The lowest BCUT2D eigenvalue weighted by molar-refractivity contribution is 0.203. The number of halogens is 1. The standard InChI is InChI=1S/C18H27BrN2/c1-13(2)21(11-14-3-4-14)12-16-6-5-15(9-18(16)19)10-20-17-7-8-17/h5-6,9,13-14,17,20H,3-4,7-8,10-12H2,1-2H3. The Kier molecular flexibility index (Phi) is 5.03. The molecule has 1 aromatic rings. The molecular formula is C18H27BrN2. The predicted molar refractivity (Wildman–Crippen MR) is 92.3 cm³/mol. The summed E-state index contributed by atoms with van der Waals surface area (Å²) in [5.41, 5.74) is 2.80. The predicted octanol–water partition coefficient (Wildman–Crippen LogP) is 4.32. The van der Waals surface area contributed by atoms with E-state index in [1.54, 1.807) is 0 Å². The first-order valence-electron chi connectivity index (χ1n) is 8.36. The summed E-state index contributed by atoms with van der Waals surface area (Å²) >= 11 is 3.77. The molecule has 2 nitrogen and oxygen atoms in total. The van der Waals surface area contributed by atoms with E-state index in [4.69, 9.17) is 0 Å². The van der Waals surface area contributed by atoms with Crippen molar-refractivity contribution in [2.24, 2.45) is 5.92 Å². The molecule has 116 valence electrons. The van der Waals surface area contributed by atoms with Crippen molar-refractivity contribution in [1.82, 2.24) is 10.2 Å². The minimum absolute atomic E-state index is 0.619. The second-order valence-electron chi connectivity index (χ2n) is 7.05. The third-order valence-corrected chi connectivity index (χ3v) is 5.32. The molecule has 2 fully saturated rings. The van der Waals surface area contributed by atoms with E-state index < -0.39 is 0 Å². The van der Waals surface area contributed by atoms with Gasteiger partial charge in [0, 0.05) is 36.2 Å². The van der Waals surface area contributed by atoms with Gasteiger partial charge >= 0.3 is 0 Å². The molecule has 0 aliphatic heterocycles. The van der Waals surface area contributed by atoms with Crippen LogP contribution in [-0.4, -0.2) is 23.5 Å². The van der Waals surface area contributed by atoms with Crippen LogP contribution in [0.4, 0.5) is 0 Å². The minimum Gasteiger partial charge on any atom is -0.310 e. The van der Waals surface area contributed by atoms with Crippen LogP contribution in [0.15, 0.2) is 22.7 Å². The molecule has 3 heteroatoms. The van der Waals surface area contributed by atoms with E-state index in [0.29, 0.717) is 6.04 Å². The largest absolute Gasteiger partial charge is 0.310 e. The number of hydrogen-bond donors (Lipinski definition) is 1. The molecule has 0 saturated heterocycles. The normalized spacial score (nSPS) is 18.7. The molecule has 2 aliphatic carbocycles. The third kappa shape index (κ3) is 4.80. The van der Waals surface area contributed by atoms with Crippen LogP contribution < -0.4 is 5.32 Å². The highest BCUT2D eigenvalue weighted by molar-refractivity contribution is 9.10. The molecule has 0 amide bonds. The third-order valence-electron chi connectivity index (χ3n) is 4.58. The van der Waals surface area contributed by atoms with Gasteiger partial charge in [-0.3, -0.25) is 4.90 Å². The Morgan fingerprint density at radius 2 is 2.00 bits per heavy atom. The van der Waals surface area contributed by atoms with Crippen molar-refractivity contribution in [2.45, 2.75) is 64.7 Å². The van der Waals surface area contributed by atoms with Crippen molar-refractivity contribution in [3.63, 3.8) is 0 Å². The summed E-state index contributed by atoms with van der Waals surface area (Å²) in [5, 5.41) is 3.58. The number of nitrogens with one attached hydrogen (secondary N) is 1. The van der Waals surface area contributed by atoms with Gasteiger partial charge in [0.05, 0.1) is 0 Å². The Balaban J connectivity index is 1.60. The Morgan fingerprint density at radius 3 is 2.57 bits per heavy atom. The van der Waals surface area contributed by atoms with Crippen molar-refractivity contribution in [1.29, 1.82) is 0 Å². The van der Waals surface area contributed by atoms with Gasteiger partial charge in [0.15, 0.2) is 0 Å². The van der Waals surface area contributed by atoms with Crippen LogP contribution >= 0.6 is 15.9 Å².